The van der Waals surface area contributed by atoms with Gasteiger partial charge in [0.1, 0.15) is 5.82 Å². The Kier molecular flexibility index (Phi) is 3.64. The van der Waals surface area contributed by atoms with Crippen LogP contribution in [0.3, 0.4) is 0 Å². The fourth-order valence-electron chi connectivity index (χ4n) is 1.86. The number of halogens is 1. The minimum atomic E-state index is -0.555. The van der Waals surface area contributed by atoms with Crippen LogP contribution in [-0.2, 0) is 0 Å². The Morgan fingerprint density at radius 3 is 2.68 bits per heavy atom. The third-order valence-electron chi connectivity index (χ3n) is 3.12. The van der Waals surface area contributed by atoms with Crippen LogP contribution in [0.1, 0.15) is 34.3 Å². The molecule has 1 fully saturated rings. The molecule has 4 nitrogen and oxygen atoms in total. The van der Waals surface area contributed by atoms with Crippen molar-refractivity contribution in [1.82, 2.24) is 5.32 Å². The zero-order valence-electron chi connectivity index (χ0n) is 10.7. The number of hydrogen-bond acceptors (Lipinski definition) is 3. The Balaban J connectivity index is 2.40. The van der Waals surface area contributed by atoms with E-state index < -0.39 is 11.7 Å². The summed E-state index contributed by atoms with van der Waals surface area (Å²) in [6, 6.07) is 2.92. The summed E-state index contributed by atoms with van der Waals surface area (Å²) >= 11 is 0. The number of nitrogens with one attached hydrogen (secondary N) is 2. The van der Waals surface area contributed by atoms with Gasteiger partial charge in [-0.3, -0.25) is 4.79 Å². The second-order valence-corrected chi connectivity index (χ2v) is 4.66. The number of rotatable bonds is 4. The fourth-order valence-corrected chi connectivity index (χ4v) is 1.86. The first-order valence-corrected chi connectivity index (χ1v) is 6.10. The van der Waals surface area contributed by atoms with Gasteiger partial charge in [0.05, 0.1) is 5.56 Å². The van der Waals surface area contributed by atoms with Gasteiger partial charge in [-0.05, 0) is 43.0 Å². The van der Waals surface area contributed by atoms with E-state index in [4.69, 9.17) is 11.1 Å². The second kappa shape index (κ2) is 5.22. The molecule has 0 aromatic heterocycles. The maximum atomic E-state index is 13.9. The standard InChI is InChI=1S/C14H16FN3O/c1-8-4-13(15)12(14(19)18-10-2-3-10)5-11(8)9(6-16)7-17/h4-7,10,16H,2-3,17H2,1H3,(H,18,19)/b9-7+,16-6?. The van der Waals surface area contributed by atoms with Crippen molar-refractivity contribution in [3.8, 4) is 0 Å². The lowest BCUT2D eigenvalue weighted by Crippen LogP contribution is -2.26. The highest BCUT2D eigenvalue weighted by Crippen LogP contribution is 2.23. The van der Waals surface area contributed by atoms with Gasteiger partial charge in [0.2, 0.25) is 0 Å². The van der Waals surface area contributed by atoms with Gasteiger partial charge in [0.15, 0.2) is 0 Å². The van der Waals surface area contributed by atoms with E-state index in [0.29, 0.717) is 16.7 Å². The Bertz CT molecular complexity index is 562. The summed E-state index contributed by atoms with van der Waals surface area (Å²) in [4.78, 5) is 11.9. The Morgan fingerprint density at radius 1 is 1.47 bits per heavy atom. The summed E-state index contributed by atoms with van der Waals surface area (Å²) in [6.07, 6.45) is 4.25. The second-order valence-electron chi connectivity index (χ2n) is 4.66. The molecule has 0 atom stereocenters. The summed E-state index contributed by atoms with van der Waals surface area (Å²) in [7, 11) is 0. The maximum Gasteiger partial charge on any atom is 0.254 e. The first-order chi connectivity index (χ1) is 9.06. The van der Waals surface area contributed by atoms with E-state index >= 15 is 0 Å². The molecule has 1 aromatic rings. The van der Waals surface area contributed by atoms with Crippen molar-refractivity contribution >= 4 is 17.7 Å². The molecule has 5 heteroatoms. The van der Waals surface area contributed by atoms with Crippen molar-refractivity contribution < 1.29 is 9.18 Å². The minimum absolute atomic E-state index is 0.00583. The van der Waals surface area contributed by atoms with Crippen LogP contribution in [0.4, 0.5) is 4.39 Å². The lowest BCUT2D eigenvalue weighted by atomic mass is 9.98. The van der Waals surface area contributed by atoms with Crippen molar-refractivity contribution in [1.29, 1.82) is 5.41 Å². The summed E-state index contributed by atoms with van der Waals surface area (Å²) in [5.74, 6) is -0.969. The number of aryl methyl sites for hydroxylation is 1. The number of allylic oxidation sites excluding steroid dienone is 1. The van der Waals surface area contributed by atoms with Crippen molar-refractivity contribution in [2.75, 3.05) is 0 Å². The predicted molar refractivity (Wildman–Crippen MR) is 72.6 cm³/mol. The zero-order chi connectivity index (χ0) is 14.0. The van der Waals surface area contributed by atoms with Gasteiger partial charge in [-0.25, -0.2) is 4.39 Å². The quantitative estimate of drug-likeness (QED) is 0.724. The van der Waals surface area contributed by atoms with Gasteiger partial charge < -0.3 is 16.5 Å². The number of amides is 1. The largest absolute Gasteiger partial charge is 0.404 e. The third kappa shape index (κ3) is 2.81. The number of nitrogens with two attached hydrogens (primary N) is 1. The average Bonchev–Trinajstić information content (AvgIpc) is 3.16. The molecule has 4 N–H and O–H groups in total. The normalized spacial score (nSPS) is 15.2. The molecule has 1 aliphatic carbocycles. The van der Waals surface area contributed by atoms with E-state index in [9.17, 15) is 9.18 Å². The first-order valence-electron chi connectivity index (χ1n) is 6.10. The summed E-state index contributed by atoms with van der Waals surface area (Å²) in [5, 5.41) is 10.0. The molecule has 1 saturated carbocycles. The van der Waals surface area contributed by atoms with E-state index in [0.717, 1.165) is 19.1 Å². The van der Waals surface area contributed by atoms with Gasteiger partial charge in [-0.1, -0.05) is 0 Å². The molecular weight excluding hydrogens is 245 g/mol. The first kappa shape index (κ1) is 13.3. The molecule has 0 aliphatic heterocycles. The molecule has 0 heterocycles. The van der Waals surface area contributed by atoms with Crippen molar-refractivity contribution in [2.45, 2.75) is 25.8 Å². The number of carbonyl (C=O) groups is 1. The molecule has 100 valence electrons. The maximum absolute atomic E-state index is 13.9. The predicted octanol–water partition coefficient (Wildman–Crippen LogP) is 1.98. The van der Waals surface area contributed by atoms with Gasteiger partial charge in [0, 0.05) is 24.0 Å². The van der Waals surface area contributed by atoms with Crippen LogP contribution >= 0.6 is 0 Å². The molecule has 2 rings (SSSR count). The van der Waals surface area contributed by atoms with Crippen LogP contribution in [0.5, 0.6) is 0 Å². The van der Waals surface area contributed by atoms with Crippen LogP contribution in [0.25, 0.3) is 5.57 Å². The fraction of sp³-hybridized carbons (Fsp3) is 0.286. The molecule has 19 heavy (non-hydrogen) atoms. The molecule has 0 radical (unpaired) electrons. The monoisotopic (exact) mass is 261 g/mol. The van der Waals surface area contributed by atoms with Crippen LogP contribution < -0.4 is 11.1 Å². The highest BCUT2D eigenvalue weighted by atomic mass is 19.1. The molecule has 1 amide bonds. The van der Waals surface area contributed by atoms with Gasteiger partial charge in [-0.15, -0.1) is 0 Å². The number of carbonyl (C=O) groups excluding carboxylic acids is 1. The van der Waals surface area contributed by atoms with E-state index in [1.807, 2.05) is 0 Å². The lowest BCUT2D eigenvalue weighted by molar-refractivity contribution is 0.0947. The Labute approximate surface area is 111 Å². The molecule has 1 aromatic carbocycles. The molecule has 1 aliphatic rings. The van der Waals surface area contributed by atoms with Crippen LogP contribution in [-0.4, -0.2) is 18.2 Å². The number of hydrogen-bond donors (Lipinski definition) is 3. The molecule has 0 spiro atoms. The van der Waals surface area contributed by atoms with Crippen molar-refractivity contribution in [2.24, 2.45) is 5.73 Å². The SMILES string of the molecule is Cc1cc(F)c(C(=O)NC2CC2)cc1/C(C=N)=C/N. The third-order valence-corrected chi connectivity index (χ3v) is 3.12. The van der Waals surface area contributed by atoms with Crippen LogP contribution in [0, 0.1) is 18.2 Å². The molecule has 0 saturated heterocycles. The van der Waals surface area contributed by atoms with Crippen LogP contribution in [0.15, 0.2) is 18.3 Å². The lowest BCUT2D eigenvalue weighted by Gasteiger charge is -2.10. The van der Waals surface area contributed by atoms with Gasteiger partial charge >= 0.3 is 0 Å². The Morgan fingerprint density at radius 2 is 2.16 bits per heavy atom. The van der Waals surface area contributed by atoms with Crippen molar-refractivity contribution in [3.63, 3.8) is 0 Å². The Hall–Kier alpha value is -2.17. The van der Waals surface area contributed by atoms with Crippen LogP contribution in [0.2, 0.25) is 0 Å². The van der Waals surface area contributed by atoms with E-state index in [1.54, 1.807) is 6.92 Å². The molecule has 0 bridgehead atoms. The van der Waals surface area contributed by atoms with Gasteiger partial charge in [0.25, 0.3) is 5.91 Å². The minimum Gasteiger partial charge on any atom is -0.404 e. The van der Waals surface area contributed by atoms with E-state index in [2.05, 4.69) is 5.32 Å². The molecule has 0 unspecified atom stereocenters. The van der Waals surface area contributed by atoms with Gasteiger partial charge in [-0.2, -0.15) is 0 Å². The zero-order valence-corrected chi connectivity index (χ0v) is 10.7. The average molecular weight is 261 g/mol. The number of benzene rings is 1. The van der Waals surface area contributed by atoms with Crippen molar-refractivity contribution in [3.05, 3.63) is 40.8 Å². The topological polar surface area (TPSA) is 79.0 Å². The van der Waals surface area contributed by atoms with E-state index in [1.165, 1.54) is 18.3 Å². The summed E-state index contributed by atoms with van der Waals surface area (Å²) < 4.78 is 13.9. The highest BCUT2D eigenvalue weighted by Gasteiger charge is 2.25. The molecular formula is C14H16FN3O. The smallest absolute Gasteiger partial charge is 0.254 e. The summed E-state index contributed by atoms with van der Waals surface area (Å²) in [5.41, 5.74) is 7.12. The highest BCUT2D eigenvalue weighted by molar-refractivity contribution is 6.09. The van der Waals surface area contributed by atoms with E-state index in [-0.39, 0.29) is 11.6 Å². The summed E-state index contributed by atoms with van der Waals surface area (Å²) in [6.45, 7) is 1.72.